The molecule has 0 bridgehead atoms. The molecule has 0 radical (unpaired) electrons. The Kier molecular flexibility index (Phi) is 6.35. The van der Waals surface area contributed by atoms with Crippen molar-refractivity contribution < 1.29 is 8.42 Å². The summed E-state index contributed by atoms with van der Waals surface area (Å²) in [6, 6.07) is 0. The van der Waals surface area contributed by atoms with Crippen LogP contribution in [0.25, 0.3) is 0 Å². The van der Waals surface area contributed by atoms with E-state index in [-0.39, 0.29) is 5.75 Å². The number of rotatable bonds is 9. The lowest BCUT2D eigenvalue weighted by molar-refractivity contribution is 0.586. The normalized spacial score (nSPS) is 11.9. The molecule has 0 saturated carbocycles. The van der Waals surface area contributed by atoms with Crippen molar-refractivity contribution in [2.24, 2.45) is 0 Å². The minimum Gasteiger partial charge on any atom is -0.317 e. The first-order chi connectivity index (χ1) is 8.51. The summed E-state index contributed by atoms with van der Waals surface area (Å²) < 4.78 is 23.8. The predicted octanol–water partition coefficient (Wildman–Crippen LogP) is 0.860. The Labute approximate surface area is 109 Å². The van der Waals surface area contributed by atoms with Crippen molar-refractivity contribution in [3.8, 4) is 0 Å². The first-order valence-electron chi connectivity index (χ1n) is 6.41. The lowest BCUT2D eigenvalue weighted by atomic mass is 10.2. The smallest absolute Gasteiger partial charge is 0.149 e. The first kappa shape index (κ1) is 15.2. The second kappa shape index (κ2) is 7.53. The number of aromatic nitrogens is 2. The molecule has 0 unspecified atom stereocenters. The van der Waals surface area contributed by atoms with Crippen LogP contribution in [0.3, 0.4) is 0 Å². The third kappa shape index (κ3) is 6.76. The number of hydrogen-bond donors (Lipinski definition) is 1. The van der Waals surface area contributed by atoms with Gasteiger partial charge in [0.15, 0.2) is 0 Å². The van der Waals surface area contributed by atoms with Gasteiger partial charge in [0, 0.05) is 12.5 Å². The van der Waals surface area contributed by atoms with Crippen LogP contribution in [0.15, 0.2) is 12.4 Å². The van der Waals surface area contributed by atoms with Gasteiger partial charge >= 0.3 is 0 Å². The van der Waals surface area contributed by atoms with Gasteiger partial charge in [0.1, 0.15) is 9.84 Å². The van der Waals surface area contributed by atoms with Crippen molar-refractivity contribution in [2.75, 3.05) is 25.1 Å². The quantitative estimate of drug-likeness (QED) is 0.678. The highest BCUT2D eigenvalue weighted by Crippen LogP contribution is 2.02. The Hall–Kier alpha value is -0.880. The van der Waals surface area contributed by atoms with E-state index in [2.05, 4.69) is 17.3 Å². The molecule has 0 aliphatic rings. The van der Waals surface area contributed by atoms with Crippen LogP contribution in [0.1, 0.15) is 25.3 Å². The van der Waals surface area contributed by atoms with Crippen molar-refractivity contribution >= 4 is 9.84 Å². The molecule has 0 aliphatic carbocycles. The zero-order chi connectivity index (χ0) is 13.4. The van der Waals surface area contributed by atoms with Crippen LogP contribution in [0, 0.1) is 0 Å². The minimum atomic E-state index is -2.91. The van der Waals surface area contributed by atoms with E-state index in [1.165, 1.54) is 11.8 Å². The van der Waals surface area contributed by atoms with Crippen LogP contribution in [-0.2, 0) is 22.8 Å². The highest BCUT2D eigenvalue weighted by atomic mass is 32.2. The molecule has 0 atom stereocenters. The van der Waals surface area contributed by atoms with Crippen LogP contribution >= 0.6 is 0 Å². The summed E-state index contributed by atoms with van der Waals surface area (Å²) in [5, 5.41) is 7.52. The number of nitrogens with one attached hydrogen (secondary N) is 1. The molecule has 6 heteroatoms. The molecule has 0 aliphatic heterocycles. The summed E-state index contributed by atoms with van der Waals surface area (Å²) in [5.41, 5.74) is 1.17. The van der Waals surface area contributed by atoms with Crippen molar-refractivity contribution in [1.29, 1.82) is 0 Å². The van der Waals surface area contributed by atoms with Gasteiger partial charge < -0.3 is 5.32 Å². The van der Waals surface area contributed by atoms with Crippen LogP contribution in [0.5, 0.6) is 0 Å². The zero-order valence-electron chi connectivity index (χ0n) is 11.2. The summed E-state index contributed by atoms with van der Waals surface area (Å²) >= 11 is 0. The van der Waals surface area contributed by atoms with E-state index in [1.807, 2.05) is 12.4 Å². The second-order valence-corrected chi connectivity index (χ2v) is 6.85. The van der Waals surface area contributed by atoms with E-state index in [9.17, 15) is 8.42 Å². The fourth-order valence-electron chi connectivity index (χ4n) is 1.64. The van der Waals surface area contributed by atoms with Gasteiger partial charge in [0.2, 0.25) is 0 Å². The molecule has 5 nitrogen and oxygen atoms in total. The van der Waals surface area contributed by atoms with Gasteiger partial charge in [-0.2, -0.15) is 5.10 Å². The minimum absolute atomic E-state index is 0.145. The Morgan fingerprint density at radius 3 is 2.83 bits per heavy atom. The molecule has 0 aromatic carbocycles. The van der Waals surface area contributed by atoms with Crippen LogP contribution in [0.2, 0.25) is 0 Å². The molecule has 0 fully saturated rings. The van der Waals surface area contributed by atoms with Gasteiger partial charge in [0.05, 0.1) is 18.5 Å². The lowest BCUT2D eigenvalue weighted by Gasteiger charge is -2.01. The Morgan fingerprint density at radius 2 is 2.17 bits per heavy atom. The van der Waals surface area contributed by atoms with Crippen molar-refractivity contribution in [1.82, 2.24) is 15.1 Å². The summed E-state index contributed by atoms with van der Waals surface area (Å²) in [6.07, 6.45) is 8.22. The maximum Gasteiger partial charge on any atom is 0.149 e. The molecule has 1 rings (SSSR count). The highest BCUT2D eigenvalue weighted by Gasteiger charge is 2.04. The standard InChI is InChI=1S/C12H23N3O2S/c1-3-6-13-7-4-5-12-10-14-15(11-12)8-9-18(2,16)17/h10-11,13H,3-9H2,1-2H3. The molecule has 18 heavy (non-hydrogen) atoms. The van der Waals surface area contributed by atoms with Gasteiger partial charge in [-0.1, -0.05) is 6.92 Å². The van der Waals surface area contributed by atoms with E-state index >= 15 is 0 Å². The molecule has 104 valence electrons. The van der Waals surface area contributed by atoms with Crippen LogP contribution in [-0.4, -0.2) is 43.3 Å². The van der Waals surface area contributed by atoms with Gasteiger partial charge in [-0.05, 0) is 37.9 Å². The second-order valence-electron chi connectivity index (χ2n) is 4.60. The van der Waals surface area contributed by atoms with E-state index in [0.717, 1.165) is 32.4 Å². The molecule has 1 heterocycles. The summed E-state index contributed by atoms with van der Waals surface area (Å²) in [4.78, 5) is 0. The molecule has 0 spiro atoms. The SMILES string of the molecule is CCCNCCCc1cnn(CCS(C)(=O)=O)c1. The molecule has 1 aromatic rings. The number of aryl methyl sites for hydroxylation is 2. The van der Waals surface area contributed by atoms with Crippen molar-refractivity contribution in [2.45, 2.75) is 32.7 Å². The molecular weight excluding hydrogens is 250 g/mol. The van der Waals surface area contributed by atoms with E-state index in [4.69, 9.17) is 0 Å². The number of nitrogens with zero attached hydrogens (tertiary/aromatic N) is 2. The number of sulfone groups is 1. The molecule has 1 N–H and O–H groups in total. The lowest BCUT2D eigenvalue weighted by Crippen LogP contribution is -2.16. The van der Waals surface area contributed by atoms with Crippen molar-refractivity contribution in [3.05, 3.63) is 18.0 Å². The van der Waals surface area contributed by atoms with Crippen molar-refractivity contribution in [3.63, 3.8) is 0 Å². The van der Waals surface area contributed by atoms with Crippen LogP contribution < -0.4 is 5.32 Å². The van der Waals surface area contributed by atoms with Crippen LogP contribution in [0.4, 0.5) is 0 Å². The monoisotopic (exact) mass is 273 g/mol. The first-order valence-corrected chi connectivity index (χ1v) is 8.47. The maximum atomic E-state index is 11.0. The molecular formula is C12H23N3O2S. The van der Waals surface area contributed by atoms with E-state index in [0.29, 0.717) is 6.54 Å². The Bertz CT molecular complexity index is 440. The van der Waals surface area contributed by atoms with Gasteiger partial charge in [-0.15, -0.1) is 0 Å². The third-order valence-corrected chi connectivity index (χ3v) is 3.55. The topological polar surface area (TPSA) is 64.0 Å². The van der Waals surface area contributed by atoms with Gasteiger partial charge in [-0.25, -0.2) is 8.42 Å². The summed E-state index contributed by atoms with van der Waals surface area (Å²) in [5.74, 6) is 0.145. The Balaban J connectivity index is 2.26. The fourth-order valence-corrected chi connectivity index (χ4v) is 2.16. The maximum absolute atomic E-state index is 11.0. The summed E-state index contributed by atoms with van der Waals surface area (Å²) in [6.45, 7) is 4.67. The van der Waals surface area contributed by atoms with E-state index < -0.39 is 9.84 Å². The largest absolute Gasteiger partial charge is 0.317 e. The third-order valence-electron chi connectivity index (χ3n) is 2.62. The summed E-state index contributed by atoms with van der Waals surface area (Å²) in [7, 11) is -2.91. The fraction of sp³-hybridized carbons (Fsp3) is 0.750. The molecule has 1 aromatic heterocycles. The zero-order valence-corrected chi connectivity index (χ0v) is 12.0. The Morgan fingerprint density at radius 1 is 1.39 bits per heavy atom. The van der Waals surface area contributed by atoms with Gasteiger partial charge in [-0.3, -0.25) is 4.68 Å². The highest BCUT2D eigenvalue weighted by molar-refractivity contribution is 7.90. The average molecular weight is 273 g/mol. The predicted molar refractivity (Wildman–Crippen MR) is 73.4 cm³/mol. The molecule has 0 amide bonds. The molecule has 0 saturated heterocycles. The average Bonchev–Trinajstić information content (AvgIpc) is 2.73. The van der Waals surface area contributed by atoms with Gasteiger partial charge in [0.25, 0.3) is 0 Å². The number of hydrogen-bond acceptors (Lipinski definition) is 4. The van der Waals surface area contributed by atoms with E-state index in [1.54, 1.807) is 4.68 Å².